The van der Waals surface area contributed by atoms with Crippen LogP contribution in [0.15, 0.2) is 34.8 Å². The molecular weight excluding hydrogens is 288 g/mol. The van der Waals surface area contributed by atoms with Gasteiger partial charge < -0.3 is 5.11 Å². The summed E-state index contributed by atoms with van der Waals surface area (Å²) in [6.45, 7) is 1.70. The minimum atomic E-state index is -3.92. The number of nitrogens with zero attached hydrogens (tertiary/aromatic N) is 1. The van der Waals surface area contributed by atoms with E-state index in [1.165, 1.54) is 29.9 Å². The number of carboxylic acids is 1. The van der Waals surface area contributed by atoms with E-state index in [-0.39, 0.29) is 9.77 Å². The Balaban J connectivity index is 2.41. The first kappa shape index (κ1) is 13.5. The molecule has 2 aromatic rings. The SMILES string of the molecule is Cc1cnccc1NS(=O)(=O)c1ccsc1C(=O)O. The van der Waals surface area contributed by atoms with E-state index in [2.05, 4.69) is 9.71 Å². The van der Waals surface area contributed by atoms with Crippen molar-refractivity contribution in [1.29, 1.82) is 0 Å². The Labute approximate surface area is 113 Å². The van der Waals surface area contributed by atoms with Crippen LogP contribution in [0.3, 0.4) is 0 Å². The van der Waals surface area contributed by atoms with Gasteiger partial charge in [-0.25, -0.2) is 13.2 Å². The predicted molar refractivity (Wildman–Crippen MR) is 71.1 cm³/mol. The molecule has 19 heavy (non-hydrogen) atoms. The lowest BCUT2D eigenvalue weighted by Crippen LogP contribution is -2.15. The van der Waals surface area contributed by atoms with Crippen LogP contribution < -0.4 is 4.72 Å². The zero-order valence-electron chi connectivity index (χ0n) is 9.82. The van der Waals surface area contributed by atoms with Crippen LogP contribution in [0, 0.1) is 6.92 Å². The number of anilines is 1. The Morgan fingerprint density at radius 1 is 1.42 bits per heavy atom. The largest absolute Gasteiger partial charge is 0.477 e. The Bertz CT molecular complexity index is 722. The van der Waals surface area contributed by atoms with E-state index in [1.54, 1.807) is 6.92 Å². The van der Waals surface area contributed by atoms with E-state index < -0.39 is 16.0 Å². The standard InChI is InChI=1S/C11H10N2O4S2/c1-7-6-12-4-2-8(7)13-19(16,17)9-3-5-18-10(9)11(14)15/h2-6H,1H3,(H,12,13)(H,14,15). The van der Waals surface area contributed by atoms with Gasteiger partial charge in [-0.3, -0.25) is 9.71 Å². The number of carboxylic acid groups (broad SMARTS) is 1. The second kappa shape index (κ2) is 4.98. The van der Waals surface area contributed by atoms with Crippen LogP contribution in [-0.4, -0.2) is 24.5 Å². The number of hydrogen-bond acceptors (Lipinski definition) is 5. The van der Waals surface area contributed by atoms with Crippen molar-refractivity contribution < 1.29 is 18.3 Å². The first-order valence-corrected chi connectivity index (χ1v) is 7.52. The van der Waals surface area contributed by atoms with Crippen molar-refractivity contribution in [1.82, 2.24) is 4.98 Å². The lowest BCUT2D eigenvalue weighted by Gasteiger charge is -2.09. The van der Waals surface area contributed by atoms with Crippen molar-refractivity contribution in [2.45, 2.75) is 11.8 Å². The van der Waals surface area contributed by atoms with Gasteiger partial charge in [-0.15, -0.1) is 11.3 Å². The van der Waals surface area contributed by atoms with Gasteiger partial charge >= 0.3 is 5.97 Å². The molecule has 2 heterocycles. The number of rotatable bonds is 4. The fourth-order valence-corrected chi connectivity index (χ4v) is 3.84. The molecule has 2 aromatic heterocycles. The Hall–Kier alpha value is -1.93. The third-order valence-corrected chi connectivity index (χ3v) is 4.82. The molecule has 0 aliphatic carbocycles. The van der Waals surface area contributed by atoms with Gasteiger partial charge in [-0.05, 0) is 30.0 Å². The summed E-state index contributed by atoms with van der Waals surface area (Å²) in [6.07, 6.45) is 2.97. The summed E-state index contributed by atoms with van der Waals surface area (Å²) in [7, 11) is -3.92. The fraction of sp³-hybridized carbons (Fsp3) is 0.0909. The van der Waals surface area contributed by atoms with Crippen LogP contribution in [0.2, 0.25) is 0 Å². The molecule has 0 unspecified atom stereocenters. The van der Waals surface area contributed by atoms with Gasteiger partial charge in [0.25, 0.3) is 10.0 Å². The van der Waals surface area contributed by atoms with Gasteiger partial charge in [0.15, 0.2) is 0 Å². The number of hydrogen-bond donors (Lipinski definition) is 2. The number of thiophene rings is 1. The molecule has 0 fully saturated rings. The Morgan fingerprint density at radius 2 is 2.16 bits per heavy atom. The lowest BCUT2D eigenvalue weighted by atomic mass is 10.3. The quantitative estimate of drug-likeness (QED) is 0.899. The van der Waals surface area contributed by atoms with Crippen LogP contribution in [-0.2, 0) is 10.0 Å². The summed E-state index contributed by atoms with van der Waals surface area (Å²) in [5.41, 5.74) is 1.02. The molecule has 8 heteroatoms. The van der Waals surface area contributed by atoms with Crippen molar-refractivity contribution >= 4 is 33.0 Å². The predicted octanol–water partition coefficient (Wildman–Crippen LogP) is 1.95. The number of carbonyl (C=O) groups is 1. The first-order chi connectivity index (χ1) is 8.92. The van der Waals surface area contributed by atoms with Gasteiger partial charge in [-0.2, -0.15) is 0 Å². The monoisotopic (exact) mass is 298 g/mol. The van der Waals surface area contributed by atoms with E-state index in [9.17, 15) is 13.2 Å². The highest BCUT2D eigenvalue weighted by atomic mass is 32.2. The molecule has 0 aliphatic heterocycles. The second-order valence-electron chi connectivity index (χ2n) is 3.72. The van der Waals surface area contributed by atoms with Crippen molar-refractivity contribution in [3.63, 3.8) is 0 Å². The summed E-state index contributed by atoms with van der Waals surface area (Å²) in [6, 6.07) is 2.78. The maximum absolute atomic E-state index is 12.2. The molecule has 0 saturated heterocycles. The highest BCUT2D eigenvalue weighted by molar-refractivity contribution is 7.93. The van der Waals surface area contributed by atoms with Crippen molar-refractivity contribution in [3.8, 4) is 0 Å². The van der Waals surface area contributed by atoms with Crippen LogP contribution >= 0.6 is 11.3 Å². The molecule has 0 atom stereocenters. The zero-order chi connectivity index (χ0) is 14.0. The van der Waals surface area contributed by atoms with Gasteiger partial charge in [0.2, 0.25) is 0 Å². The lowest BCUT2D eigenvalue weighted by molar-refractivity contribution is 0.0698. The molecule has 0 spiro atoms. The fourth-order valence-electron chi connectivity index (χ4n) is 1.45. The average Bonchev–Trinajstić information content (AvgIpc) is 2.82. The van der Waals surface area contributed by atoms with Crippen LogP contribution in [0.4, 0.5) is 5.69 Å². The molecule has 2 N–H and O–H groups in total. The summed E-state index contributed by atoms with van der Waals surface area (Å²) >= 11 is 0.868. The van der Waals surface area contributed by atoms with Crippen LogP contribution in [0.25, 0.3) is 0 Å². The van der Waals surface area contributed by atoms with Gasteiger partial charge in [0.1, 0.15) is 9.77 Å². The number of nitrogens with one attached hydrogen (secondary N) is 1. The number of aryl methyl sites for hydroxylation is 1. The minimum absolute atomic E-state index is 0.209. The Kier molecular flexibility index (Phi) is 3.54. The number of sulfonamides is 1. The maximum atomic E-state index is 12.2. The van der Waals surface area contributed by atoms with Gasteiger partial charge in [0.05, 0.1) is 5.69 Å². The summed E-state index contributed by atoms with van der Waals surface area (Å²) in [4.78, 5) is 14.4. The zero-order valence-corrected chi connectivity index (χ0v) is 11.5. The highest BCUT2D eigenvalue weighted by Crippen LogP contribution is 2.25. The second-order valence-corrected chi connectivity index (χ2v) is 6.28. The highest BCUT2D eigenvalue weighted by Gasteiger charge is 2.24. The number of aromatic carboxylic acids is 1. The van der Waals surface area contributed by atoms with E-state index in [4.69, 9.17) is 5.11 Å². The molecule has 0 radical (unpaired) electrons. The van der Waals surface area contributed by atoms with Crippen molar-refractivity contribution in [2.75, 3.05) is 4.72 Å². The van der Waals surface area contributed by atoms with E-state index in [0.29, 0.717) is 11.3 Å². The van der Waals surface area contributed by atoms with Crippen molar-refractivity contribution in [3.05, 3.63) is 40.3 Å². The van der Waals surface area contributed by atoms with Crippen LogP contribution in [0.5, 0.6) is 0 Å². The molecule has 2 rings (SSSR count). The molecule has 0 bridgehead atoms. The number of pyridine rings is 1. The smallest absolute Gasteiger partial charge is 0.347 e. The summed E-state index contributed by atoms with van der Waals surface area (Å²) in [5.74, 6) is -1.26. The molecule has 100 valence electrons. The average molecular weight is 298 g/mol. The Morgan fingerprint density at radius 3 is 2.79 bits per heavy atom. The molecule has 6 nitrogen and oxygen atoms in total. The minimum Gasteiger partial charge on any atom is -0.477 e. The third kappa shape index (κ3) is 2.74. The molecular formula is C11H10N2O4S2. The van der Waals surface area contributed by atoms with Gasteiger partial charge in [-0.1, -0.05) is 0 Å². The summed E-state index contributed by atoms with van der Waals surface area (Å²) in [5, 5.41) is 10.4. The van der Waals surface area contributed by atoms with E-state index in [1.807, 2.05) is 0 Å². The van der Waals surface area contributed by atoms with Gasteiger partial charge in [0, 0.05) is 12.4 Å². The first-order valence-electron chi connectivity index (χ1n) is 5.16. The normalized spacial score (nSPS) is 11.2. The topological polar surface area (TPSA) is 96.4 Å². The van der Waals surface area contributed by atoms with E-state index >= 15 is 0 Å². The molecule has 0 aliphatic rings. The van der Waals surface area contributed by atoms with Crippen LogP contribution in [0.1, 0.15) is 15.2 Å². The van der Waals surface area contributed by atoms with E-state index in [0.717, 1.165) is 11.3 Å². The third-order valence-electron chi connectivity index (χ3n) is 2.38. The maximum Gasteiger partial charge on any atom is 0.347 e. The molecule has 0 aromatic carbocycles. The number of aromatic nitrogens is 1. The van der Waals surface area contributed by atoms with Crippen molar-refractivity contribution in [2.24, 2.45) is 0 Å². The molecule has 0 amide bonds. The molecule has 0 saturated carbocycles. The summed E-state index contributed by atoms with van der Waals surface area (Å²) < 4.78 is 26.7.